The molecule has 2 amide bonds. The summed E-state index contributed by atoms with van der Waals surface area (Å²) in [7, 11) is 0. The Hall–Kier alpha value is -2.09. The maximum atomic E-state index is 12.4. The normalized spacial score (nSPS) is 11.0. The summed E-state index contributed by atoms with van der Waals surface area (Å²) in [6.45, 7) is 5.84. The van der Waals surface area contributed by atoms with Gasteiger partial charge in [-0.15, -0.1) is 11.3 Å². The van der Waals surface area contributed by atoms with E-state index in [1.54, 1.807) is 0 Å². The lowest BCUT2D eigenvalue weighted by molar-refractivity contribution is -0.123. The molecule has 0 unspecified atom stereocenters. The first kappa shape index (κ1) is 21.6. The van der Waals surface area contributed by atoms with Crippen molar-refractivity contribution in [1.29, 1.82) is 0 Å². The van der Waals surface area contributed by atoms with E-state index in [-0.39, 0.29) is 12.5 Å². The highest BCUT2D eigenvalue weighted by atomic mass is 79.9. The number of amides is 2. The monoisotopic (exact) mass is 494 g/mol. The number of ether oxygens (including phenoxy) is 1. The molecule has 29 heavy (non-hydrogen) atoms. The van der Waals surface area contributed by atoms with Crippen LogP contribution in [0, 0.1) is 6.92 Å². The van der Waals surface area contributed by atoms with Crippen LogP contribution in [-0.4, -0.2) is 18.4 Å². The highest BCUT2D eigenvalue weighted by molar-refractivity contribution is 9.10. The molecule has 3 rings (SSSR count). The number of carbonyl (C=O) groups is 2. The van der Waals surface area contributed by atoms with Gasteiger partial charge in [0, 0.05) is 14.6 Å². The maximum absolute atomic E-state index is 12.4. The van der Waals surface area contributed by atoms with Crippen molar-refractivity contribution in [2.45, 2.75) is 26.7 Å². The van der Waals surface area contributed by atoms with Crippen LogP contribution in [0.3, 0.4) is 0 Å². The zero-order chi connectivity index (χ0) is 21.1. The number of benzene rings is 2. The van der Waals surface area contributed by atoms with Crippen LogP contribution in [0.4, 0.5) is 0 Å². The van der Waals surface area contributed by atoms with Gasteiger partial charge in [0.1, 0.15) is 10.6 Å². The fourth-order valence-electron chi connectivity index (χ4n) is 2.77. The van der Waals surface area contributed by atoms with Gasteiger partial charge in [0.15, 0.2) is 6.61 Å². The zero-order valence-corrected chi connectivity index (χ0v) is 19.3. The predicted molar refractivity (Wildman–Crippen MR) is 121 cm³/mol. The minimum absolute atomic E-state index is 0.221. The van der Waals surface area contributed by atoms with Gasteiger partial charge in [-0.05, 0) is 42.2 Å². The number of nitrogens with one attached hydrogen (secondary N) is 2. The Morgan fingerprint density at radius 1 is 1.21 bits per heavy atom. The van der Waals surface area contributed by atoms with Crippen molar-refractivity contribution in [2.75, 3.05) is 6.61 Å². The molecule has 0 spiro atoms. The topological polar surface area (TPSA) is 67.4 Å². The van der Waals surface area contributed by atoms with Gasteiger partial charge in [0.05, 0.1) is 5.02 Å². The molecule has 2 aromatic carbocycles. The Morgan fingerprint density at radius 3 is 2.62 bits per heavy atom. The zero-order valence-electron chi connectivity index (χ0n) is 16.1. The molecule has 3 aromatic rings. The van der Waals surface area contributed by atoms with Crippen molar-refractivity contribution >= 4 is 60.8 Å². The minimum atomic E-state index is -0.467. The van der Waals surface area contributed by atoms with E-state index in [2.05, 4.69) is 40.6 Å². The molecule has 0 fully saturated rings. The highest BCUT2D eigenvalue weighted by Crippen LogP contribution is 2.35. The molecule has 0 radical (unpaired) electrons. The summed E-state index contributed by atoms with van der Waals surface area (Å²) in [4.78, 5) is 24.9. The van der Waals surface area contributed by atoms with Crippen molar-refractivity contribution in [1.82, 2.24) is 10.9 Å². The largest absolute Gasteiger partial charge is 0.483 e. The molecule has 0 atom stereocenters. The van der Waals surface area contributed by atoms with Gasteiger partial charge in [0.25, 0.3) is 11.8 Å². The van der Waals surface area contributed by atoms with E-state index in [9.17, 15) is 9.59 Å². The van der Waals surface area contributed by atoms with Crippen molar-refractivity contribution in [3.8, 4) is 5.75 Å². The smallest absolute Gasteiger partial charge is 0.281 e. The lowest BCUT2D eigenvalue weighted by Crippen LogP contribution is -2.43. The lowest BCUT2D eigenvalue weighted by atomic mass is 10.0. The summed E-state index contributed by atoms with van der Waals surface area (Å²) in [5, 5.41) is 1.19. The Labute approximate surface area is 186 Å². The number of aryl methyl sites for hydroxylation is 1. The number of hydrogen-bond acceptors (Lipinski definition) is 4. The van der Waals surface area contributed by atoms with Gasteiger partial charge in [-0.2, -0.15) is 0 Å². The molecule has 0 saturated carbocycles. The average Bonchev–Trinajstić information content (AvgIpc) is 3.03. The molecule has 0 aliphatic rings. The molecule has 2 N–H and O–H groups in total. The number of fused-ring (bicyclic) bond motifs is 1. The summed E-state index contributed by atoms with van der Waals surface area (Å²) < 4.78 is 7.60. The summed E-state index contributed by atoms with van der Waals surface area (Å²) in [5.74, 6) is -0.0488. The number of hydrazine groups is 1. The van der Waals surface area contributed by atoms with Crippen molar-refractivity contribution in [3.63, 3.8) is 0 Å². The minimum Gasteiger partial charge on any atom is -0.483 e. The van der Waals surface area contributed by atoms with Crippen LogP contribution in [0.25, 0.3) is 10.1 Å². The number of thiophene rings is 1. The fraction of sp³-hybridized carbons (Fsp3) is 0.238. The molecular weight excluding hydrogens is 476 g/mol. The van der Waals surface area contributed by atoms with Crippen LogP contribution in [0.2, 0.25) is 5.02 Å². The number of halogens is 2. The standard InChI is InChI=1S/C21H20BrClN2O3S/c1-11(2)14-9-15(22)12(3)8-16(14)28-10-18(26)24-25-21(27)20-19(23)13-6-4-5-7-17(13)29-20/h4-9,11H,10H2,1-3H3,(H,24,26)(H,25,27). The Morgan fingerprint density at radius 2 is 1.93 bits per heavy atom. The quantitative estimate of drug-likeness (QED) is 0.454. The van der Waals surface area contributed by atoms with Crippen LogP contribution in [0.5, 0.6) is 5.75 Å². The second kappa shape index (κ2) is 9.15. The number of rotatable bonds is 5. The molecule has 152 valence electrons. The molecule has 0 saturated heterocycles. The number of hydrogen-bond donors (Lipinski definition) is 2. The molecular formula is C21H20BrClN2O3S. The Balaban J connectivity index is 1.61. The SMILES string of the molecule is Cc1cc(OCC(=O)NNC(=O)c2sc3ccccc3c2Cl)c(C(C)C)cc1Br. The third-order valence-corrected chi connectivity index (χ3v) is 6.86. The molecule has 1 heterocycles. The molecule has 0 bridgehead atoms. The average molecular weight is 496 g/mol. The van der Waals surface area contributed by atoms with Gasteiger partial charge >= 0.3 is 0 Å². The van der Waals surface area contributed by atoms with Crippen LogP contribution < -0.4 is 15.6 Å². The summed E-state index contributed by atoms with van der Waals surface area (Å²) in [5.41, 5.74) is 6.78. The van der Waals surface area contributed by atoms with E-state index in [0.29, 0.717) is 15.6 Å². The van der Waals surface area contributed by atoms with Gasteiger partial charge in [-0.25, -0.2) is 0 Å². The van der Waals surface area contributed by atoms with Crippen LogP contribution in [0.1, 0.15) is 40.6 Å². The molecule has 5 nitrogen and oxygen atoms in total. The van der Waals surface area contributed by atoms with E-state index in [0.717, 1.165) is 25.7 Å². The van der Waals surface area contributed by atoms with Gasteiger partial charge in [-0.1, -0.05) is 59.6 Å². The van der Waals surface area contributed by atoms with Crippen LogP contribution in [-0.2, 0) is 4.79 Å². The van der Waals surface area contributed by atoms with Crippen molar-refractivity contribution < 1.29 is 14.3 Å². The third kappa shape index (κ3) is 4.91. The van der Waals surface area contributed by atoms with Crippen molar-refractivity contribution in [2.24, 2.45) is 0 Å². The number of carbonyl (C=O) groups excluding carboxylic acids is 2. The van der Waals surface area contributed by atoms with E-state index < -0.39 is 11.8 Å². The molecule has 8 heteroatoms. The van der Waals surface area contributed by atoms with Crippen LogP contribution >= 0.6 is 38.9 Å². The Bertz CT molecular complexity index is 1080. The van der Waals surface area contributed by atoms with Gasteiger partial charge in [0.2, 0.25) is 0 Å². The summed E-state index contributed by atoms with van der Waals surface area (Å²) in [6.07, 6.45) is 0. The molecule has 0 aliphatic carbocycles. The fourth-order valence-corrected chi connectivity index (χ4v) is 4.54. The highest BCUT2D eigenvalue weighted by Gasteiger charge is 2.18. The van der Waals surface area contributed by atoms with Gasteiger partial charge in [-0.3, -0.25) is 20.4 Å². The third-order valence-electron chi connectivity index (χ3n) is 4.33. The summed E-state index contributed by atoms with van der Waals surface area (Å²) >= 11 is 11.1. The van der Waals surface area contributed by atoms with E-state index in [4.69, 9.17) is 16.3 Å². The summed E-state index contributed by atoms with van der Waals surface area (Å²) in [6, 6.07) is 11.4. The van der Waals surface area contributed by atoms with Gasteiger partial charge < -0.3 is 4.74 Å². The molecule has 0 aliphatic heterocycles. The van der Waals surface area contributed by atoms with Crippen molar-refractivity contribution in [3.05, 3.63) is 61.9 Å². The Kier molecular flexibility index (Phi) is 6.82. The second-order valence-corrected chi connectivity index (χ2v) is 9.11. The van der Waals surface area contributed by atoms with E-state index in [1.807, 2.05) is 43.3 Å². The first-order valence-electron chi connectivity index (χ1n) is 8.97. The van der Waals surface area contributed by atoms with Crippen LogP contribution in [0.15, 0.2) is 40.9 Å². The maximum Gasteiger partial charge on any atom is 0.281 e. The second-order valence-electron chi connectivity index (χ2n) is 6.83. The first-order valence-corrected chi connectivity index (χ1v) is 11.0. The lowest BCUT2D eigenvalue weighted by Gasteiger charge is -2.16. The molecule has 1 aromatic heterocycles. The van der Waals surface area contributed by atoms with E-state index in [1.165, 1.54) is 11.3 Å². The predicted octanol–water partition coefficient (Wildman–Crippen LogP) is 5.59. The van der Waals surface area contributed by atoms with E-state index >= 15 is 0 Å². The first-order chi connectivity index (χ1) is 13.8.